The van der Waals surface area contributed by atoms with Crippen LogP contribution < -0.4 is 16.0 Å². The molecular weight excluding hydrogens is 475 g/mol. The zero-order valence-corrected chi connectivity index (χ0v) is 19.1. The third-order valence-corrected chi connectivity index (χ3v) is 5.63. The molecule has 2 aliphatic rings. The molecule has 1 amide bonds. The van der Waals surface area contributed by atoms with Gasteiger partial charge in [-0.3, -0.25) is 9.79 Å². The summed E-state index contributed by atoms with van der Waals surface area (Å²) in [4.78, 5) is 17.0. The van der Waals surface area contributed by atoms with Crippen LogP contribution in [0.5, 0.6) is 0 Å². The van der Waals surface area contributed by atoms with Gasteiger partial charge in [-0.05, 0) is 55.4 Å². The van der Waals surface area contributed by atoms with Crippen molar-refractivity contribution in [3.63, 3.8) is 0 Å². The average Bonchev–Trinajstić information content (AvgIpc) is 3.03. The third kappa shape index (κ3) is 5.10. The molecule has 2 unspecified atom stereocenters. The highest BCUT2D eigenvalue weighted by atomic mass is 127. The summed E-state index contributed by atoms with van der Waals surface area (Å²) in [5, 5.41) is 9.91. The Morgan fingerprint density at radius 3 is 2.72 bits per heavy atom. The van der Waals surface area contributed by atoms with E-state index in [-0.39, 0.29) is 35.8 Å². The van der Waals surface area contributed by atoms with Crippen molar-refractivity contribution in [3.8, 4) is 0 Å². The maximum Gasteiger partial charge on any atom is 0.232 e. The second kappa shape index (κ2) is 10.1. The van der Waals surface area contributed by atoms with E-state index in [1.807, 2.05) is 24.3 Å². The first-order chi connectivity index (χ1) is 13.7. The van der Waals surface area contributed by atoms with Crippen LogP contribution in [-0.4, -0.2) is 31.0 Å². The first-order valence-corrected chi connectivity index (χ1v) is 10.3. The molecule has 0 radical (unpaired) electrons. The van der Waals surface area contributed by atoms with E-state index in [2.05, 4.69) is 47.1 Å². The molecule has 5 nitrogen and oxygen atoms in total. The molecule has 1 aliphatic heterocycles. The highest BCUT2D eigenvalue weighted by Crippen LogP contribution is 2.34. The highest BCUT2D eigenvalue weighted by Gasteiger charge is 2.29. The topological polar surface area (TPSA) is 65.5 Å². The van der Waals surface area contributed by atoms with Gasteiger partial charge >= 0.3 is 0 Å². The number of fused-ring (bicyclic) bond motifs is 2. The first kappa shape index (κ1) is 21.6. The third-order valence-electron chi connectivity index (χ3n) is 5.63. The Morgan fingerprint density at radius 1 is 1.14 bits per heavy atom. The molecule has 0 saturated heterocycles. The number of hydrogen-bond donors (Lipinski definition) is 3. The number of aliphatic imine (C=N–C) groups is 1. The Hall–Kier alpha value is -2.09. The van der Waals surface area contributed by atoms with E-state index in [0.717, 1.165) is 43.0 Å². The van der Waals surface area contributed by atoms with Gasteiger partial charge in [-0.15, -0.1) is 24.0 Å². The fourth-order valence-electron chi connectivity index (χ4n) is 4.20. The number of para-hydroxylation sites is 1. The van der Waals surface area contributed by atoms with Crippen LogP contribution >= 0.6 is 24.0 Å². The van der Waals surface area contributed by atoms with Crippen molar-refractivity contribution in [1.82, 2.24) is 10.6 Å². The minimum atomic E-state index is -0.107. The number of halogens is 1. The van der Waals surface area contributed by atoms with Crippen LogP contribution in [-0.2, 0) is 17.6 Å². The van der Waals surface area contributed by atoms with E-state index in [9.17, 15) is 4.79 Å². The van der Waals surface area contributed by atoms with Gasteiger partial charge in [0.05, 0.1) is 5.92 Å². The highest BCUT2D eigenvalue weighted by molar-refractivity contribution is 14.0. The summed E-state index contributed by atoms with van der Waals surface area (Å²) >= 11 is 0. The summed E-state index contributed by atoms with van der Waals surface area (Å²) in [6.45, 7) is 3.51. The van der Waals surface area contributed by atoms with E-state index in [4.69, 9.17) is 4.99 Å². The second-order valence-corrected chi connectivity index (χ2v) is 7.53. The van der Waals surface area contributed by atoms with Gasteiger partial charge in [-0.25, -0.2) is 0 Å². The molecule has 29 heavy (non-hydrogen) atoms. The zero-order valence-electron chi connectivity index (χ0n) is 16.8. The monoisotopic (exact) mass is 504 g/mol. The van der Waals surface area contributed by atoms with E-state index in [1.54, 1.807) is 0 Å². The number of carbonyl (C=O) groups is 1. The van der Waals surface area contributed by atoms with Crippen LogP contribution in [0.4, 0.5) is 5.69 Å². The summed E-state index contributed by atoms with van der Waals surface area (Å²) in [6, 6.07) is 17.0. The number of guanidine groups is 1. The summed E-state index contributed by atoms with van der Waals surface area (Å²) in [7, 11) is 0. The Labute approximate surface area is 189 Å². The minimum Gasteiger partial charge on any atom is -0.357 e. The number of aryl methyl sites for hydroxylation is 1. The normalized spacial score (nSPS) is 20.2. The predicted octanol–water partition coefficient (Wildman–Crippen LogP) is 3.84. The fraction of sp³-hybridized carbons (Fsp3) is 0.391. The lowest BCUT2D eigenvalue weighted by atomic mass is 9.88. The van der Waals surface area contributed by atoms with Crippen LogP contribution in [0.15, 0.2) is 53.5 Å². The van der Waals surface area contributed by atoms with Crippen molar-refractivity contribution < 1.29 is 4.79 Å². The number of amides is 1. The molecule has 0 spiro atoms. The molecule has 0 fully saturated rings. The zero-order chi connectivity index (χ0) is 19.3. The van der Waals surface area contributed by atoms with Gasteiger partial charge in [-0.2, -0.15) is 0 Å². The molecule has 6 heteroatoms. The lowest BCUT2D eigenvalue weighted by Crippen LogP contribution is -2.45. The Morgan fingerprint density at radius 2 is 1.90 bits per heavy atom. The number of carbonyl (C=O) groups excluding carboxylic acids is 1. The molecule has 2 aromatic rings. The molecule has 0 bridgehead atoms. The van der Waals surface area contributed by atoms with Gasteiger partial charge in [0.25, 0.3) is 0 Å². The SMILES string of the molecule is CCNC(=NCCC1C(=O)Nc2ccccc21)NC1CCc2ccccc2C1.I. The van der Waals surface area contributed by atoms with Crippen molar-refractivity contribution in [2.45, 2.75) is 44.6 Å². The molecule has 0 aromatic heterocycles. The van der Waals surface area contributed by atoms with Gasteiger partial charge in [0.1, 0.15) is 0 Å². The first-order valence-electron chi connectivity index (χ1n) is 10.3. The summed E-state index contributed by atoms with van der Waals surface area (Å²) in [6.07, 6.45) is 3.96. The van der Waals surface area contributed by atoms with Crippen molar-refractivity contribution in [2.24, 2.45) is 4.99 Å². The maximum atomic E-state index is 12.3. The molecule has 1 aliphatic carbocycles. The number of nitrogens with one attached hydrogen (secondary N) is 3. The standard InChI is InChI=1S/C23H28N4O.HI/c1-2-24-23(26-18-12-11-16-7-3-4-8-17(16)15-18)25-14-13-20-19-9-5-6-10-21(19)27-22(20)28;/h3-10,18,20H,2,11-15H2,1H3,(H,27,28)(H2,24,25,26);1H. The summed E-state index contributed by atoms with van der Waals surface area (Å²) < 4.78 is 0. The Balaban J connectivity index is 0.00000240. The van der Waals surface area contributed by atoms with E-state index < -0.39 is 0 Å². The largest absolute Gasteiger partial charge is 0.357 e. The maximum absolute atomic E-state index is 12.3. The van der Waals surface area contributed by atoms with Gasteiger partial charge in [-0.1, -0.05) is 42.5 Å². The number of anilines is 1. The van der Waals surface area contributed by atoms with Crippen LogP contribution in [0.2, 0.25) is 0 Å². The second-order valence-electron chi connectivity index (χ2n) is 7.53. The summed E-state index contributed by atoms with van der Waals surface area (Å²) in [5.41, 5.74) is 4.92. The molecule has 2 aromatic carbocycles. The molecule has 2 atom stereocenters. The van der Waals surface area contributed by atoms with E-state index in [0.29, 0.717) is 19.0 Å². The van der Waals surface area contributed by atoms with Crippen molar-refractivity contribution >= 4 is 41.5 Å². The number of nitrogens with zero attached hydrogens (tertiary/aromatic N) is 1. The van der Waals surface area contributed by atoms with E-state index >= 15 is 0 Å². The van der Waals surface area contributed by atoms with Gasteiger partial charge in [0.15, 0.2) is 5.96 Å². The van der Waals surface area contributed by atoms with Crippen LogP contribution in [0.3, 0.4) is 0 Å². The van der Waals surface area contributed by atoms with Gasteiger partial charge in [0.2, 0.25) is 5.91 Å². The quantitative estimate of drug-likeness (QED) is 0.330. The van der Waals surface area contributed by atoms with Crippen molar-refractivity contribution in [1.29, 1.82) is 0 Å². The number of hydrogen-bond acceptors (Lipinski definition) is 2. The fourth-order valence-corrected chi connectivity index (χ4v) is 4.20. The average molecular weight is 504 g/mol. The van der Waals surface area contributed by atoms with Gasteiger partial charge in [0, 0.05) is 24.8 Å². The van der Waals surface area contributed by atoms with Crippen molar-refractivity contribution in [3.05, 3.63) is 65.2 Å². The molecule has 154 valence electrons. The molecule has 1 heterocycles. The molecular formula is C23H29IN4O. The predicted molar refractivity (Wildman–Crippen MR) is 129 cm³/mol. The van der Waals surface area contributed by atoms with Crippen LogP contribution in [0.1, 0.15) is 42.4 Å². The molecule has 0 saturated carbocycles. The lowest BCUT2D eigenvalue weighted by Gasteiger charge is -2.27. The van der Waals surface area contributed by atoms with Gasteiger partial charge < -0.3 is 16.0 Å². The summed E-state index contributed by atoms with van der Waals surface area (Å²) in [5.74, 6) is 0.821. The van der Waals surface area contributed by atoms with E-state index in [1.165, 1.54) is 11.1 Å². The smallest absolute Gasteiger partial charge is 0.232 e. The van der Waals surface area contributed by atoms with Crippen molar-refractivity contribution in [2.75, 3.05) is 18.4 Å². The Kier molecular flexibility index (Phi) is 7.52. The lowest BCUT2D eigenvalue weighted by molar-refractivity contribution is -0.117. The minimum absolute atomic E-state index is 0. The van der Waals surface area contributed by atoms with Crippen LogP contribution in [0, 0.1) is 0 Å². The number of benzene rings is 2. The molecule has 4 rings (SSSR count). The van der Waals surface area contributed by atoms with Crippen LogP contribution in [0.25, 0.3) is 0 Å². The Bertz CT molecular complexity index is 883. The number of rotatable bonds is 5. The molecule has 3 N–H and O–H groups in total.